The molecular formula is C28H21F4N3O2. The fourth-order valence-corrected chi connectivity index (χ4v) is 3.59. The van der Waals surface area contributed by atoms with Crippen molar-refractivity contribution in [2.24, 2.45) is 0 Å². The number of nitrogens with zero attached hydrogens (tertiary/aromatic N) is 2. The van der Waals surface area contributed by atoms with Gasteiger partial charge in [0.2, 0.25) is 0 Å². The van der Waals surface area contributed by atoms with Crippen molar-refractivity contribution >= 4 is 33.5 Å². The first-order valence-corrected chi connectivity index (χ1v) is 11.1. The van der Waals surface area contributed by atoms with Gasteiger partial charge in [0.25, 0.3) is 0 Å². The number of esters is 1. The van der Waals surface area contributed by atoms with Crippen molar-refractivity contribution in [1.29, 1.82) is 0 Å². The first-order chi connectivity index (χ1) is 17.7. The van der Waals surface area contributed by atoms with E-state index in [1.165, 1.54) is 31.4 Å². The smallest absolute Gasteiger partial charge is 0.405 e. The summed E-state index contributed by atoms with van der Waals surface area (Å²) in [5, 5.41) is 4.04. The normalized spacial score (nSPS) is 11.1. The number of ether oxygens (including phenoxy) is 1. The highest BCUT2D eigenvalue weighted by Gasteiger charge is 2.27. The van der Waals surface area contributed by atoms with E-state index in [0.29, 0.717) is 22.3 Å². The average Bonchev–Trinajstić information content (AvgIpc) is 2.91. The molecule has 0 atom stereocenters. The molecular weight excluding hydrogens is 486 g/mol. The van der Waals surface area contributed by atoms with Gasteiger partial charge in [0.15, 0.2) is 0 Å². The van der Waals surface area contributed by atoms with Gasteiger partial charge in [-0.05, 0) is 60.7 Å². The highest BCUT2D eigenvalue weighted by molar-refractivity contribution is 5.94. The van der Waals surface area contributed by atoms with E-state index in [0.717, 1.165) is 16.3 Å². The molecule has 0 saturated carbocycles. The Morgan fingerprint density at radius 1 is 0.892 bits per heavy atom. The molecule has 0 aliphatic carbocycles. The molecule has 37 heavy (non-hydrogen) atoms. The molecule has 188 valence electrons. The third-order valence-electron chi connectivity index (χ3n) is 5.35. The zero-order chi connectivity index (χ0) is 26.4. The Morgan fingerprint density at radius 3 is 2.32 bits per heavy atom. The number of carbonyl (C=O) groups excluding carboxylic acids is 1. The van der Waals surface area contributed by atoms with E-state index in [-0.39, 0.29) is 11.7 Å². The van der Waals surface area contributed by atoms with Crippen LogP contribution in [-0.4, -0.2) is 35.8 Å². The summed E-state index contributed by atoms with van der Waals surface area (Å²) >= 11 is 0. The molecule has 0 aliphatic heterocycles. The standard InChI is InChI=1S/C17H12F4N2.C11H9NO2/c18-13-7-5-11(6-8-13)16-15(22-10-17(19,20)21)9-12-3-1-2-4-14(12)23-16;1-14-11(13)9-4-5-10-8(7-9)3-2-6-12-10/h1-9,22H,10H2;2-7H,1H3. The van der Waals surface area contributed by atoms with Gasteiger partial charge in [0.05, 0.1) is 35.1 Å². The van der Waals surface area contributed by atoms with Crippen molar-refractivity contribution < 1.29 is 27.1 Å². The van der Waals surface area contributed by atoms with Crippen molar-refractivity contribution in [1.82, 2.24) is 9.97 Å². The predicted molar refractivity (Wildman–Crippen MR) is 135 cm³/mol. The molecule has 3 aromatic carbocycles. The predicted octanol–water partition coefficient (Wildman–Crippen LogP) is 7.04. The van der Waals surface area contributed by atoms with Crippen LogP contribution in [0, 0.1) is 5.82 Å². The number of fused-ring (bicyclic) bond motifs is 2. The molecule has 9 heteroatoms. The van der Waals surface area contributed by atoms with Crippen LogP contribution in [0.2, 0.25) is 0 Å². The number of benzene rings is 3. The zero-order valence-corrected chi connectivity index (χ0v) is 19.6. The number of hydrogen-bond donors (Lipinski definition) is 1. The van der Waals surface area contributed by atoms with Crippen LogP contribution in [0.15, 0.2) is 91.1 Å². The van der Waals surface area contributed by atoms with Gasteiger partial charge in [-0.1, -0.05) is 24.3 Å². The number of aromatic nitrogens is 2. The number of para-hydroxylation sites is 1. The van der Waals surface area contributed by atoms with Crippen molar-refractivity contribution in [2.75, 3.05) is 19.0 Å². The second-order valence-corrected chi connectivity index (χ2v) is 7.96. The number of halogens is 4. The summed E-state index contributed by atoms with van der Waals surface area (Å²) in [6.07, 6.45) is -2.62. The van der Waals surface area contributed by atoms with Crippen LogP contribution in [0.5, 0.6) is 0 Å². The molecule has 0 spiro atoms. The third-order valence-corrected chi connectivity index (χ3v) is 5.35. The number of hydrogen-bond acceptors (Lipinski definition) is 5. The molecule has 0 amide bonds. The van der Waals surface area contributed by atoms with Crippen molar-refractivity contribution in [3.63, 3.8) is 0 Å². The maximum absolute atomic E-state index is 13.1. The number of carbonyl (C=O) groups is 1. The van der Waals surface area contributed by atoms with Crippen molar-refractivity contribution in [2.45, 2.75) is 6.18 Å². The van der Waals surface area contributed by atoms with Gasteiger partial charge < -0.3 is 10.1 Å². The molecule has 5 rings (SSSR count). The summed E-state index contributed by atoms with van der Waals surface area (Å²) in [7, 11) is 1.37. The van der Waals surface area contributed by atoms with Crippen molar-refractivity contribution in [3.8, 4) is 11.3 Å². The van der Waals surface area contributed by atoms with Crippen LogP contribution < -0.4 is 5.32 Å². The number of alkyl halides is 3. The van der Waals surface area contributed by atoms with Gasteiger partial charge >= 0.3 is 12.1 Å². The SMILES string of the molecule is COC(=O)c1ccc2ncccc2c1.Fc1ccc(-c2nc3ccccc3cc2NCC(F)(F)F)cc1. The van der Waals surface area contributed by atoms with Gasteiger partial charge in [-0.15, -0.1) is 0 Å². The lowest BCUT2D eigenvalue weighted by Gasteiger charge is -2.14. The summed E-state index contributed by atoms with van der Waals surface area (Å²) in [5.74, 6) is -0.741. The average molecular weight is 507 g/mol. The fourth-order valence-electron chi connectivity index (χ4n) is 3.59. The Balaban J connectivity index is 0.000000195. The largest absolute Gasteiger partial charge is 0.465 e. The topological polar surface area (TPSA) is 64.1 Å². The molecule has 2 aromatic heterocycles. The van der Waals surface area contributed by atoms with Crippen LogP contribution in [0.4, 0.5) is 23.2 Å². The van der Waals surface area contributed by atoms with Crippen LogP contribution in [0.25, 0.3) is 33.1 Å². The molecule has 2 heterocycles. The number of anilines is 1. The Kier molecular flexibility index (Phi) is 7.62. The lowest BCUT2D eigenvalue weighted by molar-refractivity contribution is -0.115. The van der Waals surface area contributed by atoms with E-state index in [9.17, 15) is 22.4 Å². The molecule has 0 aliphatic rings. The molecule has 0 fully saturated rings. The maximum atomic E-state index is 13.1. The highest BCUT2D eigenvalue weighted by Crippen LogP contribution is 2.30. The summed E-state index contributed by atoms with van der Waals surface area (Å²) in [4.78, 5) is 19.8. The van der Waals surface area contributed by atoms with E-state index in [2.05, 4.69) is 20.0 Å². The molecule has 5 nitrogen and oxygen atoms in total. The quantitative estimate of drug-likeness (QED) is 0.209. The Morgan fingerprint density at radius 2 is 1.59 bits per heavy atom. The minimum Gasteiger partial charge on any atom is -0.465 e. The van der Waals surface area contributed by atoms with Crippen LogP contribution in [0.1, 0.15) is 10.4 Å². The second-order valence-electron chi connectivity index (χ2n) is 7.96. The van der Waals surface area contributed by atoms with Gasteiger partial charge in [0, 0.05) is 22.5 Å². The van der Waals surface area contributed by atoms with E-state index >= 15 is 0 Å². The second kappa shape index (κ2) is 11.0. The van der Waals surface area contributed by atoms with Crippen LogP contribution >= 0.6 is 0 Å². The van der Waals surface area contributed by atoms with Gasteiger partial charge in [-0.3, -0.25) is 4.98 Å². The summed E-state index contributed by atoms with van der Waals surface area (Å²) in [6, 6.07) is 23.3. The zero-order valence-electron chi connectivity index (χ0n) is 19.6. The number of nitrogens with one attached hydrogen (secondary N) is 1. The number of methoxy groups -OCH3 is 1. The van der Waals surface area contributed by atoms with E-state index in [4.69, 9.17) is 0 Å². The Labute approximate surface area is 209 Å². The van der Waals surface area contributed by atoms with Gasteiger partial charge in [-0.2, -0.15) is 13.2 Å². The van der Waals surface area contributed by atoms with Crippen LogP contribution in [0.3, 0.4) is 0 Å². The lowest BCUT2D eigenvalue weighted by Crippen LogP contribution is -2.21. The van der Waals surface area contributed by atoms with Gasteiger partial charge in [-0.25, -0.2) is 14.2 Å². The lowest BCUT2D eigenvalue weighted by atomic mass is 10.1. The fraction of sp³-hybridized carbons (Fsp3) is 0.107. The molecule has 1 N–H and O–H groups in total. The summed E-state index contributed by atoms with van der Waals surface area (Å²) in [5.41, 5.74) is 3.24. The molecule has 0 unspecified atom stereocenters. The maximum Gasteiger partial charge on any atom is 0.405 e. The molecule has 0 bridgehead atoms. The first-order valence-electron chi connectivity index (χ1n) is 11.1. The summed E-state index contributed by atoms with van der Waals surface area (Å²) in [6.45, 7) is -1.17. The van der Waals surface area contributed by atoms with E-state index in [1.807, 2.05) is 18.2 Å². The molecule has 0 saturated heterocycles. The minimum atomic E-state index is -4.34. The summed E-state index contributed by atoms with van der Waals surface area (Å²) < 4.78 is 55.2. The minimum absolute atomic E-state index is 0.257. The first kappa shape index (κ1) is 25.6. The van der Waals surface area contributed by atoms with Crippen LogP contribution in [-0.2, 0) is 4.74 Å². The highest BCUT2D eigenvalue weighted by atomic mass is 19.4. The Hall–Kier alpha value is -4.53. The van der Waals surface area contributed by atoms with Gasteiger partial charge in [0.1, 0.15) is 12.4 Å². The third kappa shape index (κ3) is 6.58. The van der Waals surface area contributed by atoms with E-state index in [1.54, 1.807) is 48.7 Å². The molecule has 0 radical (unpaired) electrons. The van der Waals surface area contributed by atoms with Crippen molar-refractivity contribution in [3.05, 3.63) is 103 Å². The molecule has 5 aromatic rings. The monoisotopic (exact) mass is 507 g/mol. The Bertz CT molecular complexity index is 1540. The van der Waals surface area contributed by atoms with E-state index < -0.39 is 18.5 Å². The number of pyridine rings is 2. The number of rotatable bonds is 4.